The Morgan fingerprint density at radius 1 is 1.08 bits per heavy atom. The number of likely N-dealkylation sites (tertiary alicyclic amines) is 1. The van der Waals surface area contributed by atoms with Gasteiger partial charge in [-0.15, -0.1) is 0 Å². The maximum Gasteiger partial charge on any atom is 0.416 e. The molecule has 0 aliphatic carbocycles. The number of halogens is 3. The number of hydrogen-bond donors (Lipinski definition) is 1. The molecule has 5 heteroatoms. The van der Waals surface area contributed by atoms with Crippen molar-refractivity contribution in [1.29, 1.82) is 0 Å². The molecule has 1 fully saturated rings. The largest absolute Gasteiger partial charge is 0.508 e. The number of phenols is 1. The van der Waals surface area contributed by atoms with E-state index in [0.717, 1.165) is 37.6 Å². The SMILES string of the molecule is Oc1cccc(CC2CCN(Cc3ccccc3C(F)(F)F)C2)c1. The van der Waals surface area contributed by atoms with Crippen LogP contribution in [0.2, 0.25) is 0 Å². The minimum absolute atomic E-state index is 0.251. The Hall–Kier alpha value is -2.01. The summed E-state index contributed by atoms with van der Waals surface area (Å²) in [5, 5.41) is 9.52. The van der Waals surface area contributed by atoms with Gasteiger partial charge in [0, 0.05) is 13.1 Å². The van der Waals surface area contributed by atoms with Gasteiger partial charge in [-0.05, 0) is 54.6 Å². The highest BCUT2D eigenvalue weighted by Crippen LogP contribution is 2.33. The highest BCUT2D eigenvalue weighted by molar-refractivity contribution is 5.30. The van der Waals surface area contributed by atoms with Gasteiger partial charge >= 0.3 is 6.18 Å². The molecule has 0 radical (unpaired) electrons. The molecule has 3 rings (SSSR count). The third-order valence-electron chi connectivity index (χ3n) is 4.52. The second-order valence-electron chi connectivity index (χ2n) is 6.42. The van der Waals surface area contributed by atoms with Crippen molar-refractivity contribution < 1.29 is 18.3 Å². The average Bonchev–Trinajstić information content (AvgIpc) is 2.94. The fourth-order valence-corrected chi connectivity index (χ4v) is 3.42. The number of hydrogen-bond acceptors (Lipinski definition) is 2. The van der Waals surface area contributed by atoms with Crippen LogP contribution in [0.1, 0.15) is 23.1 Å². The van der Waals surface area contributed by atoms with Crippen LogP contribution in [0.15, 0.2) is 48.5 Å². The lowest BCUT2D eigenvalue weighted by Crippen LogP contribution is -2.22. The second kappa shape index (κ2) is 6.85. The third-order valence-corrected chi connectivity index (χ3v) is 4.52. The van der Waals surface area contributed by atoms with Gasteiger partial charge in [0.1, 0.15) is 5.75 Å². The number of phenolic OH excluding ortho intramolecular Hbond substituents is 1. The van der Waals surface area contributed by atoms with Crippen LogP contribution in [-0.4, -0.2) is 23.1 Å². The smallest absolute Gasteiger partial charge is 0.416 e. The van der Waals surface area contributed by atoms with Crippen molar-refractivity contribution in [2.75, 3.05) is 13.1 Å². The zero-order chi connectivity index (χ0) is 17.2. The molecule has 1 atom stereocenters. The molecule has 1 aliphatic rings. The summed E-state index contributed by atoms with van der Waals surface area (Å²) in [7, 11) is 0. The monoisotopic (exact) mass is 335 g/mol. The number of rotatable bonds is 4. The topological polar surface area (TPSA) is 23.5 Å². The lowest BCUT2D eigenvalue weighted by molar-refractivity contribution is -0.138. The van der Waals surface area contributed by atoms with Gasteiger partial charge in [-0.25, -0.2) is 0 Å². The minimum atomic E-state index is -4.31. The average molecular weight is 335 g/mol. The van der Waals surface area contributed by atoms with Crippen LogP contribution in [0.5, 0.6) is 5.75 Å². The highest BCUT2D eigenvalue weighted by Gasteiger charge is 2.34. The Labute approximate surface area is 139 Å². The molecule has 2 aromatic rings. The van der Waals surface area contributed by atoms with E-state index in [1.807, 2.05) is 12.1 Å². The predicted molar refractivity (Wildman–Crippen MR) is 86.6 cm³/mol. The van der Waals surface area contributed by atoms with Gasteiger partial charge < -0.3 is 5.11 Å². The molecule has 0 bridgehead atoms. The van der Waals surface area contributed by atoms with Crippen molar-refractivity contribution in [3.63, 3.8) is 0 Å². The Balaban J connectivity index is 1.63. The Morgan fingerprint density at radius 2 is 1.88 bits per heavy atom. The van der Waals surface area contributed by atoms with Crippen molar-refractivity contribution in [2.45, 2.75) is 25.6 Å². The first-order valence-corrected chi connectivity index (χ1v) is 8.07. The molecule has 1 aliphatic heterocycles. The van der Waals surface area contributed by atoms with Crippen LogP contribution in [-0.2, 0) is 19.1 Å². The first-order chi connectivity index (χ1) is 11.4. The van der Waals surface area contributed by atoms with E-state index < -0.39 is 11.7 Å². The van der Waals surface area contributed by atoms with Gasteiger partial charge in [-0.3, -0.25) is 4.90 Å². The van der Waals surface area contributed by atoms with E-state index in [9.17, 15) is 18.3 Å². The van der Waals surface area contributed by atoms with E-state index in [-0.39, 0.29) is 5.75 Å². The van der Waals surface area contributed by atoms with Crippen molar-refractivity contribution in [3.8, 4) is 5.75 Å². The molecule has 1 unspecified atom stereocenters. The standard InChI is InChI=1S/C19H20F3NO/c20-19(21,22)18-7-2-1-5-16(18)13-23-9-8-15(12-23)10-14-4-3-6-17(24)11-14/h1-7,11,15,24H,8-10,12-13H2. The predicted octanol–water partition coefficient (Wildman–Crippen LogP) is 4.48. The Morgan fingerprint density at radius 3 is 2.62 bits per heavy atom. The summed E-state index contributed by atoms with van der Waals surface area (Å²) in [5.74, 6) is 0.659. The second-order valence-corrected chi connectivity index (χ2v) is 6.42. The van der Waals surface area contributed by atoms with Gasteiger partial charge in [-0.2, -0.15) is 13.2 Å². The van der Waals surface area contributed by atoms with Crippen LogP contribution in [0.25, 0.3) is 0 Å². The fourth-order valence-electron chi connectivity index (χ4n) is 3.42. The summed E-state index contributed by atoms with van der Waals surface area (Å²) >= 11 is 0. The molecule has 24 heavy (non-hydrogen) atoms. The zero-order valence-corrected chi connectivity index (χ0v) is 13.3. The summed E-state index contributed by atoms with van der Waals surface area (Å²) in [4.78, 5) is 2.08. The molecule has 1 heterocycles. The van der Waals surface area contributed by atoms with Crippen LogP contribution in [0.3, 0.4) is 0 Å². The number of alkyl halides is 3. The summed E-state index contributed by atoms with van der Waals surface area (Å²) < 4.78 is 39.2. The fraction of sp³-hybridized carbons (Fsp3) is 0.368. The molecular weight excluding hydrogens is 315 g/mol. The van der Waals surface area contributed by atoms with E-state index in [0.29, 0.717) is 18.0 Å². The summed E-state index contributed by atoms with van der Waals surface area (Å²) in [6.45, 7) is 1.91. The number of benzene rings is 2. The molecule has 1 N–H and O–H groups in total. The lowest BCUT2D eigenvalue weighted by atomic mass is 9.98. The van der Waals surface area contributed by atoms with Crippen molar-refractivity contribution in [3.05, 3.63) is 65.2 Å². The van der Waals surface area contributed by atoms with E-state index in [1.54, 1.807) is 24.3 Å². The lowest BCUT2D eigenvalue weighted by Gasteiger charge is -2.19. The molecule has 0 aromatic heterocycles. The summed E-state index contributed by atoms with van der Waals surface area (Å²) in [6.07, 6.45) is -2.51. The first-order valence-electron chi connectivity index (χ1n) is 8.07. The molecule has 0 spiro atoms. The van der Waals surface area contributed by atoms with Crippen LogP contribution in [0, 0.1) is 5.92 Å². The third kappa shape index (κ3) is 4.09. The molecule has 2 aromatic carbocycles. The van der Waals surface area contributed by atoms with Gasteiger partial charge in [0.25, 0.3) is 0 Å². The molecular formula is C19H20F3NO. The van der Waals surface area contributed by atoms with Gasteiger partial charge in [0.05, 0.1) is 5.56 Å². The molecule has 0 amide bonds. The van der Waals surface area contributed by atoms with Gasteiger partial charge in [0.15, 0.2) is 0 Å². The molecule has 0 saturated carbocycles. The van der Waals surface area contributed by atoms with Crippen LogP contribution >= 0.6 is 0 Å². The zero-order valence-electron chi connectivity index (χ0n) is 13.3. The molecule has 128 valence electrons. The molecule has 1 saturated heterocycles. The van der Waals surface area contributed by atoms with E-state index in [4.69, 9.17) is 0 Å². The number of aromatic hydroxyl groups is 1. The van der Waals surface area contributed by atoms with Gasteiger partial charge in [0.2, 0.25) is 0 Å². The van der Waals surface area contributed by atoms with E-state index >= 15 is 0 Å². The van der Waals surface area contributed by atoms with Crippen LogP contribution < -0.4 is 0 Å². The maximum atomic E-state index is 13.1. The quantitative estimate of drug-likeness (QED) is 0.891. The van der Waals surface area contributed by atoms with Crippen LogP contribution in [0.4, 0.5) is 13.2 Å². The van der Waals surface area contributed by atoms with Gasteiger partial charge in [-0.1, -0.05) is 30.3 Å². The highest BCUT2D eigenvalue weighted by atomic mass is 19.4. The Kier molecular flexibility index (Phi) is 4.81. The van der Waals surface area contributed by atoms with E-state index in [2.05, 4.69) is 4.90 Å². The Bertz CT molecular complexity index is 699. The van der Waals surface area contributed by atoms with Crippen molar-refractivity contribution >= 4 is 0 Å². The summed E-state index contributed by atoms with van der Waals surface area (Å²) in [6, 6.07) is 13.0. The van der Waals surface area contributed by atoms with Crippen molar-refractivity contribution in [1.82, 2.24) is 4.90 Å². The first kappa shape index (κ1) is 16.8. The van der Waals surface area contributed by atoms with E-state index in [1.165, 1.54) is 6.07 Å². The maximum absolute atomic E-state index is 13.1. The minimum Gasteiger partial charge on any atom is -0.508 e. The summed E-state index contributed by atoms with van der Waals surface area (Å²) in [5.41, 5.74) is 0.863. The normalized spacial score (nSPS) is 18.9. The molecule has 2 nitrogen and oxygen atoms in total. The number of nitrogens with zero attached hydrogens (tertiary/aromatic N) is 1. The van der Waals surface area contributed by atoms with Crippen molar-refractivity contribution in [2.24, 2.45) is 5.92 Å².